The lowest BCUT2D eigenvalue weighted by Crippen LogP contribution is -2.35. The summed E-state index contributed by atoms with van der Waals surface area (Å²) in [6.45, 7) is 4.63. The second-order valence-corrected chi connectivity index (χ2v) is 5.93. The third-order valence-electron chi connectivity index (χ3n) is 4.28. The van der Waals surface area contributed by atoms with E-state index in [1.807, 2.05) is 24.3 Å². The smallest absolute Gasteiger partial charge is 0.295 e. The maximum atomic E-state index is 5.78. The van der Waals surface area contributed by atoms with Crippen LogP contribution in [0.25, 0.3) is 11.1 Å². The fraction of sp³-hybridized carbons (Fsp3) is 0.562. The minimum atomic E-state index is 0.502. The van der Waals surface area contributed by atoms with Crippen LogP contribution in [0.15, 0.2) is 28.7 Å². The van der Waals surface area contributed by atoms with Gasteiger partial charge in [-0.05, 0) is 36.8 Å². The van der Waals surface area contributed by atoms with Crippen LogP contribution in [0.3, 0.4) is 0 Å². The Morgan fingerprint density at radius 3 is 2.79 bits per heavy atom. The molecular formula is C16H22N2O. The van der Waals surface area contributed by atoms with Gasteiger partial charge in [-0.15, -0.1) is 0 Å². The SMILES string of the molecule is CC(C)C1CCCCC1Nc1nc2ccccc2o1. The van der Waals surface area contributed by atoms with Crippen molar-refractivity contribution in [3.63, 3.8) is 0 Å². The van der Waals surface area contributed by atoms with Crippen LogP contribution in [-0.4, -0.2) is 11.0 Å². The first-order chi connectivity index (χ1) is 9.24. The van der Waals surface area contributed by atoms with Gasteiger partial charge in [0, 0.05) is 6.04 Å². The number of para-hydroxylation sites is 2. The van der Waals surface area contributed by atoms with Crippen LogP contribution in [0.5, 0.6) is 0 Å². The number of aromatic nitrogens is 1. The molecule has 0 bridgehead atoms. The summed E-state index contributed by atoms with van der Waals surface area (Å²) in [6, 6.07) is 9.11. The number of hydrogen-bond donors (Lipinski definition) is 1. The van der Waals surface area contributed by atoms with Crippen molar-refractivity contribution < 1.29 is 4.42 Å². The average molecular weight is 258 g/mol. The standard InChI is InChI=1S/C16H22N2O/c1-11(2)12-7-3-4-8-13(12)17-16-18-14-9-5-6-10-15(14)19-16/h5-6,9-13H,3-4,7-8H2,1-2H3,(H,17,18). The van der Waals surface area contributed by atoms with Crippen LogP contribution in [0.4, 0.5) is 6.01 Å². The largest absolute Gasteiger partial charge is 0.424 e. The van der Waals surface area contributed by atoms with Gasteiger partial charge in [-0.1, -0.05) is 38.8 Å². The quantitative estimate of drug-likeness (QED) is 0.883. The van der Waals surface area contributed by atoms with E-state index in [9.17, 15) is 0 Å². The van der Waals surface area contributed by atoms with Crippen molar-refractivity contribution >= 4 is 17.1 Å². The summed E-state index contributed by atoms with van der Waals surface area (Å²) in [6.07, 6.45) is 5.20. The highest BCUT2D eigenvalue weighted by Crippen LogP contribution is 2.32. The fourth-order valence-electron chi connectivity index (χ4n) is 3.23. The Kier molecular flexibility index (Phi) is 3.45. The summed E-state index contributed by atoms with van der Waals surface area (Å²) in [5.74, 6) is 1.44. The Bertz CT molecular complexity index is 513. The molecule has 1 heterocycles. The van der Waals surface area contributed by atoms with Gasteiger partial charge in [-0.2, -0.15) is 4.98 Å². The predicted octanol–water partition coefficient (Wildman–Crippen LogP) is 4.45. The van der Waals surface area contributed by atoms with Crippen LogP contribution < -0.4 is 5.32 Å². The number of fused-ring (bicyclic) bond motifs is 1. The first-order valence-corrected chi connectivity index (χ1v) is 7.36. The highest BCUT2D eigenvalue weighted by atomic mass is 16.4. The maximum absolute atomic E-state index is 5.78. The van der Waals surface area contributed by atoms with E-state index in [4.69, 9.17) is 4.42 Å². The molecule has 0 radical (unpaired) electrons. The summed E-state index contributed by atoms with van der Waals surface area (Å²) in [4.78, 5) is 4.52. The number of nitrogens with one attached hydrogen (secondary N) is 1. The van der Waals surface area contributed by atoms with Crippen molar-refractivity contribution in [1.29, 1.82) is 0 Å². The number of anilines is 1. The Morgan fingerprint density at radius 1 is 1.21 bits per heavy atom. The molecule has 1 saturated carbocycles. The molecule has 2 unspecified atom stereocenters. The molecule has 3 heteroatoms. The van der Waals surface area contributed by atoms with Gasteiger partial charge < -0.3 is 9.73 Å². The molecule has 1 aromatic carbocycles. The van der Waals surface area contributed by atoms with E-state index in [2.05, 4.69) is 24.1 Å². The van der Waals surface area contributed by atoms with Gasteiger partial charge in [-0.3, -0.25) is 0 Å². The molecule has 1 N–H and O–H groups in total. The van der Waals surface area contributed by atoms with E-state index in [0.29, 0.717) is 18.0 Å². The van der Waals surface area contributed by atoms with Gasteiger partial charge in [0.15, 0.2) is 5.58 Å². The van der Waals surface area contributed by atoms with Crippen molar-refractivity contribution in [2.45, 2.75) is 45.6 Å². The van der Waals surface area contributed by atoms with Crippen molar-refractivity contribution in [3.8, 4) is 0 Å². The van der Waals surface area contributed by atoms with Crippen molar-refractivity contribution in [2.24, 2.45) is 11.8 Å². The number of hydrogen-bond acceptors (Lipinski definition) is 3. The Labute approximate surface area is 114 Å². The van der Waals surface area contributed by atoms with Gasteiger partial charge in [-0.25, -0.2) is 0 Å². The normalized spacial score (nSPS) is 23.9. The van der Waals surface area contributed by atoms with E-state index < -0.39 is 0 Å². The van der Waals surface area contributed by atoms with Gasteiger partial charge in [0.2, 0.25) is 0 Å². The van der Waals surface area contributed by atoms with E-state index in [1.165, 1.54) is 25.7 Å². The lowest BCUT2D eigenvalue weighted by Gasteiger charge is -2.34. The zero-order chi connectivity index (χ0) is 13.2. The minimum absolute atomic E-state index is 0.502. The summed E-state index contributed by atoms with van der Waals surface area (Å²) in [5.41, 5.74) is 1.80. The average Bonchev–Trinajstić information content (AvgIpc) is 2.81. The second-order valence-electron chi connectivity index (χ2n) is 5.93. The Hall–Kier alpha value is -1.51. The fourth-order valence-corrected chi connectivity index (χ4v) is 3.23. The Morgan fingerprint density at radius 2 is 2.00 bits per heavy atom. The molecule has 3 nitrogen and oxygen atoms in total. The molecule has 0 spiro atoms. The summed E-state index contributed by atoms with van der Waals surface area (Å²) in [5, 5.41) is 3.52. The first-order valence-electron chi connectivity index (χ1n) is 7.36. The molecule has 19 heavy (non-hydrogen) atoms. The van der Waals surface area contributed by atoms with Gasteiger partial charge in [0.25, 0.3) is 6.01 Å². The van der Waals surface area contributed by atoms with Crippen LogP contribution >= 0.6 is 0 Å². The highest BCUT2D eigenvalue weighted by molar-refractivity contribution is 5.74. The van der Waals surface area contributed by atoms with Gasteiger partial charge in [0.1, 0.15) is 5.52 Å². The molecule has 2 aromatic rings. The molecule has 2 atom stereocenters. The zero-order valence-corrected chi connectivity index (χ0v) is 11.7. The van der Waals surface area contributed by atoms with Crippen LogP contribution in [0.1, 0.15) is 39.5 Å². The summed E-state index contributed by atoms with van der Waals surface area (Å²) in [7, 11) is 0. The third kappa shape index (κ3) is 2.60. The van der Waals surface area contributed by atoms with Crippen LogP contribution in [0, 0.1) is 11.8 Å². The molecule has 102 valence electrons. The second kappa shape index (κ2) is 5.24. The first kappa shape index (κ1) is 12.5. The van der Waals surface area contributed by atoms with Crippen LogP contribution in [-0.2, 0) is 0 Å². The van der Waals surface area contributed by atoms with Crippen molar-refractivity contribution in [2.75, 3.05) is 5.32 Å². The molecule has 3 rings (SSSR count). The van der Waals surface area contributed by atoms with E-state index in [-0.39, 0.29) is 0 Å². The molecule has 1 aromatic heterocycles. The lowest BCUT2D eigenvalue weighted by atomic mass is 9.78. The Balaban J connectivity index is 1.79. The number of nitrogens with zero attached hydrogens (tertiary/aromatic N) is 1. The summed E-state index contributed by atoms with van der Waals surface area (Å²) < 4.78 is 5.78. The van der Waals surface area contributed by atoms with Gasteiger partial charge in [0.05, 0.1) is 0 Å². The van der Waals surface area contributed by atoms with E-state index in [0.717, 1.165) is 17.0 Å². The minimum Gasteiger partial charge on any atom is -0.424 e. The van der Waals surface area contributed by atoms with Crippen LogP contribution in [0.2, 0.25) is 0 Å². The van der Waals surface area contributed by atoms with Crippen molar-refractivity contribution in [1.82, 2.24) is 4.98 Å². The predicted molar refractivity (Wildman–Crippen MR) is 78.2 cm³/mol. The number of benzene rings is 1. The van der Waals surface area contributed by atoms with E-state index in [1.54, 1.807) is 0 Å². The van der Waals surface area contributed by atoms with E-state index >= 15 is 0 Å². The molecule has 0 aliphatic heterocycles. The zero-order valence-electron chi connectivity index (χ0n) is 11.7. The molecule has 1 fully saturated rings. The maximum Gasteiger partial charge on any atom is 0.295 e. The molecular weight excluding hydrogens is 236 g/mol. The molecule has 1 aliphatic carbocycles. The number of oxazole rings is 1. The third-order valence-corrected chi connectivity index (χ3v) is 4.28. The van der Waals surface area contributed by atoms with Gasteiger partial charge >= 0.3 is 0 Å². The number of rotatable bonds is 3. The monoisotopic (exact) mass is 258 g/mol. The molecule has 0 saturated heterocycles. The lowest BCUT2D eigenvalue weighted by molar-refractivity contribution is 0.251. The molecule has 1 aliphatic rings. The molecule has 0 amide bonds. The van der Waals surface area contributed by atoms with Crippen molar-refractivity contribution in [3.05, 3.63) is 24.3 Å². The topological polar surface area (TPSA) is 38.1 Å². The summed E-state index contributed by atoms with van der Waals surface area (Å²) >= 11 is 0. The highest BCUT2D eigenvalue weighted by Gasteiger charge is 2.28.